The maximum atomic E-state index is 11.8. The minimum Gasteiger partial charge on any atom is -0.388 e. The Bertz CT molecular complexity index is 378. The lowest BCUT2D eigenvalue weighted by atomic mass is 10.1. The van der Waals surface area contributed by atoms with Crippen molar-refractivity contribution in [2.24, 2.45) is 0 Å². The molecule has 1 rings (SSSR count). The van der Waals surface area contributed by atoms with Crippen molar-refractivity contribution in [3.8, 4) is 0 Å². The molecule has 0 atom stereocenters. The van der Waals surface area contributed by atoms with Gasteiger partial charge in [-0.1, -0.05) is 0 Å². The van der Waals surface area contributed by atoms with E-state index < -0.39 is 0 Å². The van der Waals surface area contributed by atoms with E-state index in [1.165, 1.54) is 0 Å². The van der Waals surface area contributed by atoms with Crippen LogP contribution in [0, 0.1) is 6.92 Å². The van der Waals surface area contributed by atoms with Crippen molar-refractivity contribution >= 4 is 11.6 Å². The lowest BCUT2D eigenvalue weighted by Crippen LogP contribution is -2.27. The second-order valence-corrected chi connectivity index (χ2v) is 3.73. The molecule has 0 aliphatic heterocycles. The van der Waals surface area contributed by atoms with Gasteiger partial charge in [0, 0.05) is 31.5 Å². The highest BCUT2D eigenvalue weighted by molar-refractivity contribution is 5.96. The molecule has 1 aromatic carbocycles. The van der Waals surface area contributed by atoms with Crippen molar-refractivity contribution in [2.75, 3.05) is 32.1 Å². The summed E-state index contributed by atoms with van der Waals surface area (Å²) < 4.78 is 5.16. The summed E-state index contributed by atoms with van der Waals surface area (Å²) in [5, 5.41) is 5.87. The van der Waals surface area contributed by atoms with Gasteiger partial charge in [0.05, 0.1) is 6.61 Å². The normalized spacial score (nSPS) is 10.1. The zero-order valence-electron chi connectivity index (χ0n) is 10.7. The van der Waals surface area contributed by atoms with E-state index in [0.29, 0.717) is 25.3 Å². The first-order valence-electron chi connectivity index (χ1n) is 5.83. The van der Waals surface area contributed by atoms with Crippen LogP contribution in [-0.2, 0) is 4.74 Å². The Hall–Kier alpha value is -1.55. The molecule has 0 saturated heterocycles. The van der Waals surface area contributed by atoms with Crippen LogP contribution in [0.4, 0.5) is 5.69 Å². The standard InChI is InChI=1S/C13H20N2O2/c1-4-17-8-7-15-13(16)12-6-5-11(14-3)9-10(12)2/h5-6,9,14H,4,7-8H2,1-3H3,(H,15,16). The van der Waals surface area contributed by atoms with Gasteiger partial charge in [0.25, 0.3) is 5.91 Å². The van der Waals surface area contributed by atoms with Crippen molar-refractivity contribution in [2.45, 2.75) is 13.8 Å². The molecular weight excluding hydrogens is 216 g/mol. The fourth-order valence-corrected chi connectivity index (χ4v) is 1.55. The molecule has 0 aliphatic carbocycles. The number of nitrogens with one attached hydrogen (secondary N) is 2. The Morgan fingerprint density at radius 1 is 1.41 bits per heavy atom. The molecule has 0 radical (unpaired) electrons. The van der Waals surface area contributed by atoms with Crippen LogP contribution in [0.2, 0.25) is 0 Å². The van der Waals surface area contributed by atoms with Crippen LogP contribution in [0.1, 0.15) is 22.8 Å². The molecule has 0 heterocycles. The smallest absolute Gasteiger partial charge is 0.251 e. The molecule has 4 heteroatoms. The highest BCUT2D eigenvalue weighted by Gasteiger charge is 2.08. The summed E-state index contributed by atoms with van der Waals surface area (Å²) in [6.07, 6.45) is 0. The van der Waals surface area contributed by atoms with Crippen molar-refractivity contribution < 1.29 is 9.53 Å². The van der Waals surface area contributed by atoms with Crippen LogP contribution in [-0.4, -0.2) is 32.7 Å². The molecule has 0 saturated carbocycles. The van der Waals surface area contributed by atoms with Gasteiger partial charge in [-0.25, -0.2) is 0 Å². The summed E-state index contributed by atoms with van der Waals surface area (Å²) in [5.74, 6) is -0.0511. The average Bonchev–Trinajstić information content (AvgIpc) is 2.34. The molecule has 17 heavy (non-hydrogen) atoms. The zero-order valence-corrected chi connectivity index (χ0v) is 10.7. The number of aryl methyl sites for hydroxylation is 1. The third-order valence-corrected chi connectivity index (χ3v) is 2.50. The van der Waals surface area contributed by atoms with E-state index in [4.69, 9.17) is 4.74 Å². The molecule has 1 amide bonds. The maximum Gasteiger partial charge on any atom is 0.251 e. The van der Waals surface area contributed by atoms with Crippen LogP contribution in [0.5, 0.6) is 0 Å². The number of carbonyl (C=O) groups is 1. The van der Waals surface area contributed by atoms with E-state index in [0.717, 1.165) is 11.3 Å². The summed E-state index contributed by atoms with van der Waals surface area (Å²) in [4.78, 5) is 11.8. The van der Waals surface area contributed by atoms with E-state index in [1.54, 1.807) is 0 Å². The molecule has 4 nitrogen and oxygen atoms in total. The second kappa shape index (κ2) is 6.91. The first-order chi connectivity index (χ1) is 8.19. The van der Waals surface area contributed by atoms with Gasteiger partial charge in [-0.3, -0.25) is 4.79 Å². The lowest BCUT2D eigenvalue weighted by Gasteiger charge is -2.09. The number of amides is 1. The molecule has 0 bridgehead atoms. The quantitative estimate of drug-likeness (QED) is 0.741. The van der Waals surface area contributed by atoms with Crippen LogP contribution in [0.25, 0.3) is 0 Å². The summed E-state index contributed by atoms with van der Waals surface area (Å²) in [7, 11) is 1.86. The Morgan fingerprint density at radius 2 is 2.18 bits per heavy atom. The molecule has 0 aromatic heterocycles. The Balaban J connectivity index is 2.57. The number of rotatable bonds is 6. The fourth-order valence-electron chi connectivity index (χ4n) is 1.55. The fraction of sp³-hybridized carbons (Fsp3) is 0.462. The van der Waals surface area contributed by atoms with Crippen LogP contribution >= 0.6 is 0 Å². The molecule has 0 fully saturated rings. The Kier molecular flexibility index (Phi) is 5.49. The molecule has 2 N–H and O–H groups in total. The van der Waals surface area contributed by atoms with Crippen molar-refractivity contribution in [1.29, 1.82) is 0 Å². The highest BCUT2D eigenvalue weighted by Crippen LogP contribution is 2.14. The number of hydrogen-bond donors (Lipinski definition) is 2. The predicted molar refractivity (Wildman–Crippen MR) is 69.6 cm³/mol. The van der Waals surface area contributed by atoms with Gasteiger partial charge in [-0.05, 0) is 37.6 Å². The summed E-state index contributed by atoms with van der Waals surface area (Å²) in [6, 6.07) is 5.68. The highest BCUT2D eigenvalue weighted by atomic mass is 16.5. The van der Waals surface area contributed by atoms with Gasteiger partial charge in [0.15, 0.2) is 0 Å². The third-order valence-electron chi connectivity index (χ3n) is 2.50. The second-order valence-electron chi connectivity index (χ2n) is 3.73. The summed E-state index contributed by atoms with van der Waals surface area (Å²) in [6.45, 7) is 5.63. The number of hydrogen-bond acceptors (Lipinski definition) is 3. The van der Waals surface area contributed by atoms with Gasteiger partial charge in [-0.15, -0.1) is 0 Å². The molecule has 0 unspecified atom stereocenters. The number of ether oxygens (including phenoxy) is 1. The minimum atomic E-state index is -0.0511. The predicted octanol–water partition coefficient (Wildman–Crippen LogP) is 1.80. The first kappa shape index (κ1) is 13.5. The van der Waals surface area contributed by atoms with Crippen LogP contribution < -0.4 is 10.6 Å². The van der Waals surface area contributed by atoms with E-state index in [-0.39, 0.29) is 5.91 Å². The van der Waals surface area contributed by atoms with Crippen molar-refractivity contribution in [1.82, 2.24) is 5.32 Å². The van der Waals surface area contributed by atoms with Gasteiger partial charge in [0.1, 0.15) is 0 Å². The molecule has 0 aliphatic rings. The number of benzene rings is 1. The lowest BCUT2D eigenvalue weighted by molar-refractivity contribution is 0.0922. The van der Waals surface area contributed by atoms with Gasteiger partial charge < -0.3 is 15.4 Å². The van der Waals surface area contributed by atoms with E-state index in [1.807, 2.05) is 39.1 Å². The minimum absolute atomic E-state index is 0.0511. The third kappa shape index (κ3) is 4.07. The molecule has 94 valence electrons. The molecule has 0 spiro atoms. The Morgan fingerprint density at radius 3 is 2.76 bits per heavy atom. The van der Waals surface area contributed by atoms with Gasteiger partial charge in [0.2, 0.25) is 0 Å². The monoisotopic (exact) mass is 236 g/mol. The van der Waals surface area contributed by atoms with E-state index in [2.05, 4.69) is 10.6 Å². The zero-order chi connectivity index (χ0) is 12.7. The first-order valence-corrected chi connectivity index (χ1v) is 5.83. The van der Waals surface area contributed by atoms with Gasteiger partial charge in [-0.2, -0.15) is 0 Å². The van der Waals surface area contributed by atoms with Crippen LogP contribution in [0.15, 0.2) is 18.2 Å². The average molecular weight is 236 g/mol. The van der Waals surface area contributed by atoms with Gasteiger partial charge >= 0.3 is 0 Å². The summed E-state index contributed by atoms with van der Waals surface area (Å²) in [5.41, 5.74) is 2.68. The maximum absolute atomic E-state index is 11.8. The number of anilines is 1. The summed E-state index contributed by atoms with van der Waals surface area (Å²) >= 11 is 0. The van der Waals surface area contributed by atoms with E-state index in [9.17, 15) is 4.79 Å². The van der Waals surface area contributed by atoms with Crippen molar-refractivity contribution in [3.05, 3.63) is 29.3 Å². The SMILES string of the molecule is CCOCCNC(=O)c1ccc(NC)cc1C. The van der Waals surface area contributed by atoms with E-state index >= 15 is 0 Å². The largest absolute Gasteiger partial charge is 0.388 e. The molecule has 1 aromatic rings. The molecular formula is C13H20N2O2. The topological polar surface area (TPSA) is 50.4 Å². The van der Waals surface area contributed by atoms with Crippen LogP contribution in [0.3, 0.4) is 0 Å². The number of carbonyl (C=O) groups excluding carboxylic acids is 1. The Labute approximate surface area is 102 Å². The van der Waals surface area contributed by atoms with Crippen molar-refractivity contribution in [3.63, 3.8) is 0 Å².